The van der Waals surface area contributed by atoms with Crippen molar-refractivity contribution in [2.24, 2.45) is 0 Å². The molecule has 186 valence electrons. The van der Waals surface area contributed by atoms with E-state index in [1.807, 2.05) is 0 Å². The fraction of sp³-hybridized carbons (Fsp3) is 0.107. The highest BCUT2D eigenvalue weighted by molar-refractivity contribution is 7.90. The lowest BCUT2D eigenvalue weighted by Gasteiger charge is -2.13. The van der Waals surface area contributed by atoms with Crippen LogP contribution in [0.3, 0.4) is 0 Å². The van der Waals surface area contributed by atoms with Crippen molar-refractivity contribution in [2.75, 3.05) is 7.11 Å². The van der Waals surface area contributed by atoms with Gasteiger partial charge >= 0.3 is 0 Å². The standard InChI is InChI=1S/C28H21F2N3O3S/c1-17-31-10-8-23(33-17)16-37(34,35)24-4-6-25-19(13-24)7-9-32-28(25)26-5-3-18(14-27(26)36-2)20-11-21(29)15-22(30)12-20/h3-15H,16H2,1-2H3. The van der Waals surface area contributed by atoms with Crippen LogP contribution in [0.5, 0.6) is 5.75 Å². The molecule has 37 heavy (non-hydrogen) atoms. The molecule has 3 aromatic carbocycles. The van der Waals surface area contributed by atoms with E-state index >= 15 is 0 Å². The third-order valence-corrected chi connectivity index (χ3v) is 7.57. The monoisotopic (exact) mass is 517 g/mol. The fourth-order valence-electron chi connectivity index (χ4n) is 4.21. The average molecular weight is 518 g/mol. The first-order chi connectivity index (χ1) is 17.7. The lowest BCUT2D eigenvalue weighted by Crippen LogP contribution is -2.07. The Labute approximate surface area is 212 Å². The summed E-state index contributed by atoms with van der Waals surface area (Å²) in [4.78, 5) is 12.9. The highest BCUT2D eigenvalue weighted by atomic mass is 32.2. The third kappa shape index (κ3) is 5.03. The van der Waals surface area contributed by atoms with Gasteiger partial charge in [0.05, 0.1) is 29.1 Å². The highest BCUT2D eigenvalue weighted by Gasteiger charge is 2.19. The Balaban J connectivity index is 1.55. The van der Waals surface area contributed by atoms with E-state index in [-0.39, 0.29) is 10.6 Å². The molecule has 5 rings (SSSR count). The number of halogens is 2. The first-order valence-corrected chi connectivity index (χ1v) is 12.9. The molecule has 0 aliphatic heterocycles. The average Bonchev–Trinajstić information content (AvgIpc) is 2.87. The van der Waals surface area contributed by atoms with Crippen molar-refractivity contribution in [2.45, 2.75) is 17.6 Å². The van der Waals surface area contributed by atoms with E-state index in [4.69, 9.17) is 4.74 Å². The number of ether oxygens (including phenoxy) is 1. The molecule has 2 aromatic heterocycles. The van der Waals surface area contributed by atoms with Gasteiger partial charge in [-0.25, -0.2) is 27.2 Å². The Morgan fingerprint density at radius 3 is 2.32 bits per heavy atom. The number of nitrogens with zero attached hydrogens (tertiary/aromatic N) is 3. The van der Waals surface area contributed by atoms with Gasteiger partial charge < -0.3 is 4.74 Å². The SMILES string of the molecule is COc1cc(-c2cc(F)cc(F)c2)ccc1-c1nccc2cc(S(=O)(=O)Cc3ccnc(C)n3)ccc12. The molecule has 0 N–H and O–H groups in total. The number of rotatable bonds is 6. The lowest BCUT2D eigenvalue weighted by atomic mass is 9.99. The molecule has 0 atom stereocenters. The molecule has 0 radical (unpaired) electrons. The van der Waals surface area contributed by atoms with Crippen molar-refractivity contribution >= 4 is 20.6 Å². The zero-order valence-electron chi connectivity index (χ0n) is 19.9. The number of hydrogen-bond donors (Lipinski definition) is 0. The quantitative estimate of drug-likeness (QED) is 0.278. The van der Waals surface area contributed by atoms with Crippen LogP contribution in [-0.4, -0.2) is 30.5 Å². The van der Waals surface area contributed by atoms with Crippen molar-refractivity contribution < 1.29 is 21.9 Å². The van der Waals surface area contributed by atoms with Gasteiger partial charge in [0, 0.05) is 29.4 Å². The van der Waals surface area contributed by atoms with Gasteiger partial charge in [0.15, 0.2) is 9.84 Å². The van der Waals surface area contributed by atoms with Crippen molar-refractivity contribution in [1.82, 2.24) is 15.0 Å². The summed E-state index contributed by atoms with van der Waals surface area (Å²) in [5.74, 6) is -0.623. The molecule has 9 heteroatoms. The van der Waals surface area contributed by atoms with Crippen molar-refractivity contribution in [3.63, 3.8) is 0 Å². The van der Waals surface area contributed by atoms with Gasteiger partial charge in [0.1, 0.15) is 23.2 Å². The first kappa shape index (κ1) is 24.5. The van der Waals surface area contributed by atoms with Crippen molar-refractivity contribution in [1.29, 1.82) is 0 Å². The summed E-state index contributed by atoms with van der Waals surface area (Å²) in [5, 5.41) is 1.41. The second-order valence-corrected chi connectivity index (χ2v) is 10.5. The van der Waals surface area contributed by atoms with Gasteiger partial charge in [-0.1, -0.05) is 12.1 Å². The van der Waals surface area contributed by atoms with E-state index < -0.39 is 21.5 Å². The van der Waals surface area contributed by atoms with Crippen LogP contribution < -0.4 is 4.74 Å². The Kier molecular flexibility index (Phi) is 6.39. The number of aryl methyl sites for hydroxylation is 1. The zero-order valence-corrected chi connectivity index (χ0v) is 20.8. The normalized spacial score (nSPS) is 11.6. The number of benzene rings is 3. The van der Waals surface area contributed by atoms with E-state index in [1.165, 1.54) is 25.4 Å². The van der Waals surface area contributed by atoms with Gasteiger partial charge in [-0.15, -0.1) is 0 Å². The van der Waals surface area contributed by atoms with Crippen molar-refractivity contribution in [3.8, 4) is 28.1 Å². The molecular formula is C28H21F2N3O3S. The summed E-state index contributed by atoms with van der Waals surface area (Å²) in [6.45, 7) is 1.71. The molecule has 5 aromatic rings. The predicted molar refractivity (Wildman–Crippen MR) is 137 cm³/mol. The van der Waals surface area contributed by atoms with Gasteiger partial charge in [0.25, 0.3) is 0 Å². The Morgan fingerprint density at radius 1 is 0.838 bits per heavy atom. The maximum Gasteiger partial charge on any atom is 0.184 e. The maximum absolute atomic E-state index is 13.7. The van der Waals surface area contributed by atoms with Gasteiger partial charge in [-0.3, -0.25) is 4.98 Å². The maximum atomic E-state index is 13.7. The van der Waals surface area contributed by atoms with E-state index in [2.05, 4.69) is 15.0 Å². The Morgan fingerprint density at radius 2 is 1.59 bits per heavy atom. The molecule has 0 amide bonds. The smallest absolute Gasteiger partial charge is 0.184 e. The Bertz CT molecular complexity index is 1740. The second-order valence-electron chi connectivity index (χ2n) is 8.47. The van der Waals surface area contributed by atoms with Gasteiger partial charge in [-0.2, -0.15) is 0 Å². The number of pyridine rings is 1. The van der Waals surface area contributed by atoms with E-state index in [9.17, 15) is 17.2 Å². The number of methoxy groups -OCH3 is 1. The number of sulfone groups is 1. The van der Waals surface area contributed by atoms with E-state index in [1.54, 1.807) is 61.7 Å². The number of hydrogen-bond acceptors (Lipinski definition) is 6. The minimum absolute atomic E-state index is 0.170. The molecule has 0 saturated carbocycles. The molecular weight excluding hydrogens is 496 g/mol. The zero-order chi connectivity index (χ0) is 26.2. The van der Waals surface area contributed by atoms with Crippen LogP contribution in [0.4, 0.5) is 8.78 Å². The summed E-state index contributed by atoms with van der Waals surface area (Å²) >= 11 is 0. The minimum Gasteiger partial charge on any atom is -0.496 e. The summed E-state index contributed by atoms with van der Waals surface area (Å²) in [5.41, 5.74) is 2.61. The molecule has 0 unspecified atom stereocenters. The topological polar surface area (TPSA) is 82.0 Å². The number of fused-ring (bicyclic) bond motifs is 1. The summed E-state index contributed by atoms with van der Waals surface area (Å²) in [6, 6.07) is 16.7. The largest absolute Gasteiger partial charge is 0.496 e. The first-order valence-electron chi connectivity index (χ1n) is 11.3. The predicted octanol–water partition coefficient (Wildman–Crippen LogP) is 5.93. The summed E-state index contributed by atoms with van der Waals surface area (Å²) in [6.07, 6.45) is 3.13. The van der Waals surface area contributed by atoms with Crippen LogP contribution in [0.15, 0.2) is 84.0 Å². The van der Waals surface area contributed by atoms with Crippen LogP contribution in [0.1, 0.15) is 11.5 Å². The molecule has 0 fully saturated rings. The van der Waals surface area contributed by atoms with E-state index in [0.29, 0.717) is 45.0 Å². The molecule has 6 nitrogen and oxygen atoms in total. The van der Waals surface area contributed by atoms with Crippen LogP contribution in [0, 0.1) is 18.6 Å². The van der Waals surface area contributed by atoms with Crippen LogP contribution in [0.2, 0.25) is 0 Å². The molecule has 0 aliphatic carbocycles. The molecule has 0 saturated heterocycles. The third-order valence-electron chi connectivity index (χ3n) is 5.92. The fourth-order valence-corrected chi connectivity index (χ4v) is 5.51. The summed E-state index contributed by atoms with van der Waals surface area (Å²) < 4.78 is 59.2. The van der Waals surface area contributed by atoms with Crippen LogP contribution in [-0.2, 0) is 15.6 Å². The van der Waals surface area contributed by atoms with Gasteiger partial charge in [-0.05, 0) is 72.0 Å². The van der Waals surface area contributed by atoms with E-state index in [0.717, 1.165) is 11.5 Å². The minimum atomic E-state index is -3.65. The molecule has 0 bridgehead atoms. The molecule has 0 spiro atoms. The van der Waals surface area contributed by atoms with Gasteiger partial charge in [0.2, 0.25) is 0 Å². The Hall–Kier alpha value is -4.24. The summed E-state index contributed by atoms with van der Waals surface area (Å²) in [7, 11) is -2.15. The van der Waals surface area contributed by atoms with Crippen LogP contribution in [0.25, 0.3) is 33.2 Å². The number of aromatic nitrogens is 3. The second kappa shape index (κ2) is 9.67. The van der Waals surface area contributed by atoms with Crippen LogP contribution >= 0.6 is 0 Å². The molecule has 2 heterocycles. The lowest BCUT2D eigenvalue weighted by molar-refractivity contribution is 0.416. The molecule has 0 aliphatic rings. The van der Waals surface area contributed by atoms with Crippen molar-refractivity contribution in [3.05, 3.63) is 102 Å². The highest BCUT2D eigenvalue weighted by Crippen LogP contribution is 2.37.